The summed E-state index contributed by atoms with van der Waals surface area (Å²) in [6, 6.07) is 4.93. The van der Waals surface area contributed by atoms with E-state index in [9.17, 15) is 4.79 Å². The molecule has 10 heavy (non-hydrogen) atoms. The first-order valence-corrected chi connectivity index (χ1v) is 2.03. The summed E-state index contributed by atoms with van der Waals surface area (Å²) >= 11 is 0. The SMILES string of the molecule is O=c1cccc[nH]1.[Cl-].[Cl-].[Hg+2]. The maximum atomic E-state index is 10.2. The van der Waals surface area contributed by atoms with Crippen molar-refractivity contribution in [2.75, 3.05) is 0 Å². The van der Waals surface area contributed by atoms with E-state index in [2.05, 4.69) is 4.98 Å². The minimum absolute atomic E-state index is 0. The van der Waals surface area contributed by atoms with Gasteiger partial charge in [-0.05, 0) is 6.07 Å². The zero-order valence-electron chi connectivity index (χ0n) is 5.18. The second-order valence-corrected chi connectivity index (χ2v) is 1.23. The third kappa shape index (κ3) is 6.58. The molecular weight excluding hydrogens is 362 g/mol. The van der Waals surface area contributed by atoms with Gasteiger partial charge < -0.3 is 29.8 Å². The molecule has 2 nitrogen and oxygen atoms in total. The summed E-state index contributed by atoms with van der Waals surface area (Å²) in [5, 5.41) is 0. The number of aromatic amines is 1. The van der Waals surface area contributed by atoms with Crippen LogP contribution >= 0.6 is 0 Å². The van der Waals surface area contributed by atoms with E-state index in [0.29, 0.717) is 0 Å². The molecule has 0 radical (unpaired) electrons. The van der Waals surface area contributed by atoms with Crippen LogP contribution in [0.3, 0.4) is 0 Å². The van der Waals surface area contributed by atoms with Crippen molar-refractivity contribution in [3.05, 3.63) is 34.7 Å². The fourth-order valence-corrected chi connectivity index (χ4v) is 0.377. The van der Waals surface area contributed by atoms with Crippen LogP contribution in [0, 0.1) is 0 Å². The van der Waals surface area contributed by atoms with Gasteiger partial charge in [0, 0.05) is 12.3 Å². The van der Waals surface area contributed by atoms with Gasteiger partial charge in [0.2, 0.25) is 5.56 Å². The van der Waals surface area contributed by atoms with Gasteiger partial charge in [0.25, 0.3) is 0 Å². The van der Waals surface area contributed by atoms with Gasteiger partial charge in [-0.15, -0.1) is 0 Å². The molecule has 0 bridgehead atoms. The normalized spacial score (nSPS) is 6.00. The molecule has 0 aliphatic heterocycles. The van der Waals surface area contributed by atoms with Crippen LogP contribution in [0.5, 0.6) is 0 Å². The number of hydrogen-bond donors (Lipinski definition) is 1. The van der Waals surface area contributed by atoms with Crippen LogP contribution in [0.4, 0.5) is 0 Å². The largest absolute Gasteiger partial charge is 2.00 e. The van der Waals surface area contributed by atoms with Crippen LogP contribution < -0.4 is 30.4 Å². The molecule has 1 rings (SSSR count). The molecule has 0 amide bonds. The van der Waals surface area contributed by atoms with Crippen LogP contribution in [-0.4, -0.2) is 4.98 Å². The Kier molecular flexibility index (Phi) is 15.9. The Morgan fingerprint density at radius 1 is 1.20 bits per heavy atom. The van der Waals surface area contributed by atoms with Crippen LogP contribution in [0.2, 0.25) is 0 Å². The molecular formula is C5H5Cl2HgNO. The predicted molar refractivity (Wildman–Crippen MR) is 27.1 cm³/mol. The molecule has 5 heteroatoms. The van der Waals surface area contributed by atoms with Crippen LogP contribution in [-0.2, 0) is 27.7 Å². The molecule has 0 aliphatic carbocycles. The average Bonchev–Trinajstić information content (AvgIpc) is 1.69. The summed E-state index contributed by atoms with van der Waals surface area (Å²) in [6.45, 7) is 0. The van der Waals surface area contributed by atoms with E-state index in [0.717, 1.165) is 0 Å². The van der Waals surface area contributed by atoms with E-state index in [4.69, 9.17) is 0 Å². The van der Waals surface area contributed by atoms with Crippen LogP contribution in [0.25, 0.3) is 0 Å². The minimum Gasteiger partial charge on any atom is -1.00 e. The van der Waals surface area contributed by atoms with E-state index >= 15 is 0 Å². The average molecular weight is 367 g/mol. The Morgan fingerprint density at radius 3 is 2.00 bits per heavy atom. The third-order valence-corrected chi connectivity index (χ3v) is 0.681. The number of nitrogens with one attached hydrogen (secondary N) is 1. The molecule has 1 heterocycles. The number of halogens is 2. The number of hydrogen-bond acceptors (Lipinski definition) is 1. The fourth-order valence-electron chi connectivity index (χ4n) is 0.377. The summed E-state index contributed by atoms with van der Waals surface area (Å²) in [5.41, 5.74) is -0.0532. The summed E-state index contributed by atoms with van der Waals surface area (Å²) in [5.74, 6) is 0. The molecule has 0 fully saturated rings. The first-order chi connectivity index (χ1) is 3.39. The van der Waals surface area contributed by atoms with Gasteiger partial charge in [0.1, 0.15) is 0 Å². The standard InChI is InChI=1S/C5H5NO.2ClH.Hg/c7-5-3-1-2-4-6-5;;;/h1-4H,(H,6,7);2*1H;/q;;;+2/p-2. The number of rotatable bonds is 0. The summed E-state index contributed by atoms with van der Waals surface area (Å²) in [6.07, 6.45) is 1.60. The van der Waals surface area contributed by atoms with Gasteiger partial charge in [-0.25, -0.2) is 0 Å². The Bertz CT molecular complexity index is 185. The fraction of sp³-hybridized carbons (Fsp3) is 0. The van der Waals surface area contributed by atoms with Gasteiger partial charge in [0.15, 0.2) is 0 Å². The van der Waals surface area contributed by atoms with Crippen molar-refractivity contribution in [2.45, 2.75) is 0 Å². The van der Waals surface area contributed by atoms with E-state index in [1.54, 1.807) is 18.3 Å². The molecule has 0 saturated heterocycles. The van der Waals surface area contributed by atoms with Crippen molar-refractivity contribution >= 4 is 0 Å². The predicted octanol–water partition coefficient (Wildman–Crippen LogP) is -5.62. The van der Waals surface area contributed by atoms with E-state index < -0.39 is 0 Å². The van der Waals surface area contributed by atoms with Crippen LogP contribution in [0.1, 0.15) is 0 Å². The summed E-state index contributed by atoms with van der Waals surface area (Å²) in [4.78, 5) is 12.7. The Morgan fingerprint density at radius 2 is 1.80 bits per heavy atom. The van der Waals surface area contributed by atoms with Crippen molar-refractivity contribution in [3.8, 4) is 0 Å². The zero-order chi connectivity index (χ0) is 5.11. The van der Waals surface area contributed by atoms with Gasteiger partial charge in [-0.3, -0.25) is 4.79 Å². The topological polar surface area (TPSA) is 32.9 Å². The van der Waals surface area contributed by atoms with Crippen LogP contribution in [0.15, 0.2) is 29.2 Å². The third-order valence-electron chi connectivity index (χ3n) is 0.681. The zero-order valence-corrected chi connectivity index (χ0v) is 12.2. The van der Waals surface area contributed by atoms with Gasteiger partial charge >= 0.3 is 27.7 Å². The van der Waals surface area contributed by atoms with E-state index in [1.807, 2.05) is 0 Å². The van der Waals surface area contributed by atoms with E-state index in [-0.39, 0.29) is 58.0 Å². The van der Waals surface area contributed by atoms with Gasteiger partial charge in [-0.1, -0.05) is 6.07 Å². The summed E-state index contributed by atoms with van der Waals surface area (Å²) in [7, 11) is 0. The first kappa shape index (κ1) is 16.8. The molecule has 0 aliphatic rings. The molecule has 1 aromatic heterocycles. The molecule has 1 aromatic rings. The number of H-pyrrole nitrogens is 1. The van der Waals surface area contributed by atoms with E-state index in [1.165, 1.54) is 6.07 Å². The molecule has 52 valence electrons. The first-order valence-electron chi connectivity index (χ1n) is 2.03. The molecule has 0 spiro atoms. The Balaban J connectivity index is -0.000000163. The monoisotopic (exact) mass is 367 g/mol. The van der Waals surface area contributed by atoms with Crippen molar-refractivity contribution in [3.63, 3.8) is 0 Å². The Hall–Kier alpha value is 0.465. The maximum absolute atomic E-state index is 10.2. The van der Waals surface area contributed by atoms with Gasteiger partial charge in [0.05, 0.1) is 0 Å². The maximum Gasteiger partial charge on any atom is 2.00 e. The number of aromatic nitrogens is 1. The number of pyridine rings is 1. The van der Waals surface area contributed by atoms with Crippen molar-refractivity contribution in [1.29, 1.82) is 0 Å². The molecule has 1 N–H and O–H groups in total. The second kappa shape index (κ2) is 9.47. The summed E-state index contributed by atoms with van der Waals surface area (Å²) < 4.78 is 0. The molecule has 0 atom stereocenters. The quantitative estimate of drug-likeness (QED) is 0.457. The van der Waals surface area contributed by atoms with Gasteiger partial charge in [-0.2, -0.15) is 0 Å². The van der Waals surface area contributed by atoms with Crippen molar-refractivity contribution in [1.82, 2.24) is 4.98 Å². The smallest absolute Gasteiger partial charge is 1.00 e. The molecule has 0 saturated carbocycles. The van der Waals surface area contributed by atoms with Crippen molar-refractivity contribution in [2.24, 2.45) is 0 Å². The Labute approximate surface area is 91.8 Å². The second-order valence-electron chi connectivity index (χ2n) is 1.23. The molecule has 0 unspecified atom stereocenters. The minimum atomic E-state index is -0.0532. The molecule has 0 aromatic carbocycles. The van der Waals surface area contributed by atoms with Crippen molar-refractivity contribution < 1.29 is 52.5 Å².